The van der Waals surface area contributed by atoms with Gasteiger partial charge in [0.2, 0.25) is 5.91 Å². The maximum atomic E-state index is 12.9. The normalized spacial score (nSPS) is 15.2. The number of hydrogen-bond donors (Lipinski definition) is 1. The standard InChI is InChI=1S/C27H24N4OS/c32-27(28-21-7-8-23-20(17-21)16-19-4-1-2-5-22(19)23)18-11-13-31(14-12-18)26-10-9-24(29-30-26)25-6-3-15-33-25/h1-10,15,17-18H,11-14,16H2,(H,28,32). The van der Waals surface area contributed by atoms with Gasteiger partial charge in [-0.25, -0.2) is 0 Å². The van der Waals surface area contributed by atoms with Crippen LogP contribution in [0.25, 0.3) is 21.7 Å². The Balaban J connectivity index is 1.07. The van der Waals surface area contributed by atoms with Crippen molar-refractivity contribution in [3.63, 3.8) is 0 Å². The van der Waals surface area contributed by atoms with Gasteiger partial charge in [0.15, 0.2) is 5.82 Å². The van der Waals surface area contributed by atoms with Crippen molar-refractivity contribution in [2.24, 2.45) is 5.92 Å². The first-order chi connectivity index (χ1) is 16.2. The van der Waals surface area contributed by atoms with Crippen LogP contribution in [0.15, 0.2) is 72.1 Å². The number of amides is 1. The molecule has 1 saturated heterocycles. The molecule has 0 unspecified atom stereocenters. The molecule has 1 amide bonds. The third kappa shape index (κ3) is 3.91. The summed E-state index contributed by atoms with van der Waals surface area (Å²) in [6.07, 6.45) is 2.56. The van der Waals surface area contributed by atoms with E-state index in [2.05, 4.69) is 62.9 Å². The molecule has 6 rings (SSSR count). The molecule has 6 heteroatoms. The predicted octanol–water partition coefficient (Wildman–Crippen LogP) is 5.63. The Morgan fingerprint density at radius 3 is 2.55 bits per heavy atom. The van der Waals surface area contributed by atoms with Gasteiger partial charge in [0.25, 0.3) is 0 Å². The number of anilines is 2. The zero-order valence-electron chi connectivity index (χ0n) is 18.2. The van der Waals surface area contributed by atoms with E-state index in [1.807, 2.05) is 29.6 Å². The highest BCUT2D eigenvalue weighted by atomic mass is 32.1. The van der Waals surface area contributed by atoms with Crippen molar-refractivity contribution >= 4 is 28.7 Å². The molecule has 1 N–H and O–H groups in total. The predicted molar refractivity (Wildman–Crippen MR) is 134 cm³/mol. The second kappa shape index (κ2) is 8.45. The second-order valence-electron chi connectivity index (χ2n) is 8.71. The summed E-state index contributed by atoms with van der Waals surface area (Å²) in [4.78, 5) is 16.3. The van der Waals surface area contributed by atoms with E-state index in [1.165, 1.54) is 22.3 Å². The number of fused-ring (bicyclic) bond motifs is 3. The van der Waals surface area contributed by atoms with Crippen LogP contribution in [0.1, 0.15) is 24.0 Å². The Morgan fingerprint density at radius 1 is 0.909 bits per heavy atom. The lowest BCUT2D eigenvalue weighted by Crippen LogP contribution is -2.38. The highest BCUT2D eigenvalue weighted by molar-refractivity contribution is 7.13. The van der Waals surface area contributed by atoms with Crippen molar-refractivity contribution in [1.82, 2.24) is 10.2 Å². The number of nitrogens with one attached hydrogen (secondary N) is 1. The highest BCUT2D eigenvalue weighted by Crippen LogP contribution is 2.37. The lowest BCUT2D eigenvalue weighted by molar-refractivity contribution is -0.120. The van der Waals surface area contributed by atoms with Crippen LogP contribution in [-0.2, 0) is 11.2 Å². The van der Waals surface area contributed by atoms with Crippen molar-refractivity contribution in [3.8, 4) is 21.7 Å². The van der Waals surface area contributed by atoms with Crippen LogP contribution < -0.4 is 10.2 Å². The van der Waals surface area contributed by atoms with Gasteiger partial charge in [-0.2, -0.15) is 0 Å². The number of nitrogens with zero attached hydrogens (tertiary/aromatic N) is 3. The summed E-state index contributed by atoms with van der Waals surface area (Å²) in [5, 5.41) is 14.0. The molecule has 2 aromatic heterocycles. The third-order valence-corrected chi connectivity index (χ3v) is 7.57. The van der Waals surface area contributed by atoms with Crippen LogP contribution in [0, 0.1) is 5.92 Å². The Bertz CT molecular complexity index is 1290. The third-order valence-electron chi connectivity index (χ3n) is 6.68. The molecular formula is C27H24N4OS. The number of aromatic nitrogens is 2. The van der Waals surface area contributed by atoms with Crippen molar-refractivity contribution in [3.05, 3.63) is 83.2 Å². The summed E-state index contributed by atoms with van der Waals surface area (Å²) in [6, 6.07) is 23.0. The van der Waals surface area contributed by atoms with Gasteiger partial charge < -0.3 is 10.2 Å². The molecule has 1 aliphatic heterocycles. The summed E-state index contributed by atoms with van der Waals surface area (Å²) >= 11 is 1.66. The monoisotopic (exact) mass is 452 g/mol. The molecule has 2 aliphatic rings. The van der Waals surface area contributed by atoms with Crippen molar-refractivity contribution in [2.75, 3.05) is 23.3 Å². The van der Waals surface area contributed by atoms with Gasteiger partial charge in [0.1, 0.15) is 5.69 Å². The first-order valence-corrected chi connectivity index (χ1v) is 12.3. The van der Waals surface area contributed by atoms with Crippen LogP contribution >= 0.6 is 11.3 Å². The molecule has 2 aromatic carbocycles. The molecule has 4 aromatic rings. The fraction of sp³-hybridized carbons (Fsp3) is 0.222. The summed E-state index contributed by atoms with van der Waals surface area (Å²) < 4.78 is 0. The first kappa shape index (κ1) is 20.1. The summed E-state index contributed by atoms with van der Waals surface area (Å²) in [7, 11) is 0. The van der Waals surface area contributed by atoms with Crippen LogP contribution in [0.4, 0.5) is 11.5 Å². The number of thiophene rings is 1. The minimum atomic E-state index is 0.0186. The van der Waals surface area contributed by atoms with E-state index in [0.29, 0.717) is 0 Å². The van der Waals surface area contributed by atoms with E-state index in [0.717, 1.165) is 54.4 Å². The van der Waals surface area contributed by atoms with E-state index in [-0.39, 0.29) is 11.8 Å². The maximum Gasteiger partial charge on any atom is 0.227 e. The number of carbonyl (C=O) groups excluding carboxylic acids is 1. The quantitative estimate of drug-likeness (QED) is 0.384. The van der Waals surface area contributed by atoms with Crippen molar-refractivity contribution in [1.29, 1.82) is 0 Å². The lowest BCUT2D eigenvalue weighted by Gasteiger charge is -2.31. The lowest BCUT2D eigenvalue weighted by atomic mass is 9.95. The van der Waals surface area contributed by atoms with Crippen LogP contribution in [0.3, 0.4) is 0 Å². The molecule has 33 heavy (non-hydrogen) atoms. The molecule has 0 saturated carbocycles. The number of benzene rings is 2. The van der Waals surface area contributed by atoms with Gasteiger partial charge >= 0.3 is 0 Å². The number of hydrogen-bond acceptors (Lipinski definition) is 5. The molecule has 0 radical (unpaired) electrons. The average molecular weight is 453 g/mol. The number of rotatable bonds is 4. The van der Waals surface area contributed by atoms with Crippen molar-refractivity contribution in [2.45, 2.75) is 19.3 Å². The minimum absolute atomic E-state index is 0.0186. The topological polar surface area (TPSA) is 58.1 Å². The Kier molecular flexibility index (Phi) is 5.15. The highest BCUT2D eigenvalue weighted by Gasteiger charge is 2.26. The zero-order chi connectivity index (χ0) is 22.2. The first-order valence-electron chi connectivity index (χ1n) is 11.4. The summed E-state index contributed by atoms with van der Waals surface area (Å²) in [5.41, 5.74) is 7.03. The Hall–Kier alpha value is -3.51. The fourth-order valence-corrected chi connectivity index (χ4v) is 5.58. The van der Waals surface area contributed by atoms with E-state index < -0.39 is 0 Å². The molecule has 0 bridgehead atoms. The maximum absolute atomic E-state index is 12.9. The largest absolute Gasteiger partial charge is 0.355 e. The van der Waals surface area contributed by atoms with Gasteiger partial charge in [0, 0.05) is 24.7 Å². The number of piperidine rings is 1. The number of carbonyl (C=O) groups is 1. The zero-order valence-corrected chi connectivity index (χ0v) is 19.0. The molecule has 164 valence electrons. The molecule has 1 aliphatic carbocycles. The van der Waals surface area contributed by atoms with E-state index in [1.54, 1.807) is 11.3 Å². The Labute approximate surface area is 197 Å². The second-order valence-corrected chi connectivity index (χ2v) is 9.66. The van der Waals surface area contributed by atoms with Gasteiger partial charge in [-0.1, -0.05) is 36.4 Å². The van der Waals surface area contributed by atoms with Gasteiger partial charge in [-0.15, -0.1) is 21.5 Å². The van der Waals surface area contributed by atoms with Crippen LogP contribution in [0.5, 0.6) is 0 Å². The van der Waals surface area contributed by atoms with E-state index >= 15 is 0 Å². The van der Waals surface area contributed by atoms with Crippen molar-refractivity contribution < 1.29 is 4.79 Å². The SMILES string of the molecule is O=C(Nc1ccc2c(c1)Cc1ccccc1-2)C1CCN(c2ccc(-c3cccs3)nn2)CC1. The van der Waals surface area contributed by atoms with Gasteiger partial charge in [-0.05, 0) is 77.2 Å². The molecule has 0 spiro atoms. The molecule has 0 atom stereocenters. The van der Waals surface area contributed by atoms with Crippen LogP contribution in [-0.4, -0.2) is 29.2 Å². The smallest absolute Gasteiger partial charge is 0.227 e. The summed E-state index contributed by atoms with van der Waals surface area (Å²) in [5.74, 6) is 1.02. The molecule has 1 fully saturated rings. The molecule has 5 nitrogen and oxygen atoms in total. The molecular weight excluding hydrogens is 428 g/mol. The fourth-order valence-electron chi connectivity index (χ4n) is 4.89. The van der Waals surface area contributed by atoms with Gasteiger partial charge in [0.05, 0.1) is 4.88 Å². The average Bonchev–Trinajstić information content (AvgIpc) is 3.52. The van der Waals surface area contributed by atoms with Crippen LogP contribution in [0.2, 0.25) is 0 Å². The van der Waals surface area contributed by atoms with E-state index in [9.17, 15) is 4.79 Å². The van der Waals surface area contributed by atoms with E-state index in [4.69, 9.17) is 0 Å². The van der Waals surface area contributed by atoms with Gasteiger partial charge in [-0.3, -0.25) is 4.79 Å². The Morgan fingerprint density at radius 2 is 1.76 bits per heavy atom. The molecule has 3 heterocycles. The summed E-state index contributed by atoms with van der Waals surface area (Å²) in [6.45, 7) is 1.62. The minimum Gasteiger partial charge on any atom is -0.355 e.